The summed E-state index contributed by atoms with van der Waals surface area (Å²) in [6.07, 6.45) is 0.600. The maximum absolute atomic E-state index is 13.6. The number of anilines is 2. The summed E-state index contributed by atoms with van der Waals surface area (Å²) in [6.45, 7) is 1.28. The topological polar surface area (TPSA) is 74.6 Å². The summed E-state index contributed by atoms with van der Waals surface area (Å²) in [6, 6.07) is 9.96. The highest BCUT2D eigenvalue weighted by molar-refractivity contribution is 5.82. The predicted molar refractivity (Wildman–Crippen MR) is 105 cm³/mol. The van der Waals surface area contributed by atoms with Gasteiger partial charge in [0.2, 0.25) is 0 Å². The molecule has 0 aliphatic heterocycles. The average molecular weight is 397 g/mol. The van der Waals surface area contributed by atoms with E-state index in [0.29, 0.717) is 29.4 Å². The molecule has 0 amide bonds. The third-order valence-corrected chi connectivity index (χ3v) is 4.76. The number of carbonyl (C=O) groups is 1. The lowest BCUT2D eigenvalue weighted by molar-refractivity contribution is -0.145. The number of nitrogens with one attached hydrogen (secondary N) is 1. The van der Waals surface area contributed by atoms with Crippen LogP contribution >= 0.6 is 0 Å². The van der Waals surface area contributed by atoms with Gasteiger partial charge >= 0.3 is 5.97 Å². The van der Waals surface area contributed by atoms with Crippen molar-refractivity contribution in [2.45, 2.75) is 20.1 Å². The molecule has 1 N–H and O–H groups in total. The predicted octanol–water partition coefficient (Wildman–Crippen LogP) is 3.87. The lowest BCUT2D eigenvalue weighted by Gasteiger charge is -2.13. The van der Waals surface area contributed by atoms with Gasteiger partial charge in [-0.1, -0.05) is 6.07 Å². The summed E-state index contributed by atoms with van der Waals surface area (Å²) in [5, 5.41) is 7.86. The number of esters is 1. The number of methoxy groups -OCH3 is 2. The molecule has 150 valence electrons. The van der Waals surface area contributed by atoms with Crippen molar-refractivity contribution in [1.82, 2.24) is 9.78 Å². The van der Waals surface area contributed by atoms with Crippen LogP contribution in [0.25, 0.3) is 11.3 Å². The van der Waals surface area contributed by atoms with Gasteiger partial charge in [0.25, 0.3) is 0 Å². The van der Waals surface area contributed by atoms with Crippen molar-refractivity contribution in [3.8, 4) is 22.8 Å². The summed E-state index contributed by atoms with van der Waals surface area (Å²) in [7, 11) is 3.17. The summed E-state index contributed by atoms with van der Waals surface area (Å²) in [5.74, 6) is 1.12. The molecule has 1 aromatic heterocycles. The van der Waals surface area contributed by atoms with E-state index in [-0.39, 0.29) is 12.5 Å². The molecule has 0 bridgehead atoms. The second-order valence-electron chi connectivity index (χ2n) is 6.62. The van der Waals surface area contributed by atoms with Crippen molar-refractivity contribution in [3.63, 3.8) is 0 Å². The van der Waals surface area contributed by atoms with Gasteiger partial charge < -0.3 is 19.5 Å². The number of fused-ring (bicyclic) bond motifs is 3. The van der Waals surface area contributed by atoms with Gasteiger partial charge in [-0.05, 0) is 35.9 Å². The van der Waals surface area contributed by atoms with E-state index in [0.717, 1.165) is 22.4 Å². The Morgan fingerprint density at radius 3 is 2.66 bits per heavy atom. The molecular formula is C21H20FN3O4. The molecule has 3 aromatic rings. The van der Waals surface area contributed by atoms with E-state index in [1.165, 1.54) is 19.1 Å². The number of aromatic nitrogens is 2. The van der Waals surface area contributed by atoms with E-state index in [9.17, 15) is 9.18 Å². The van der Waals surface area contributed by atoms with Crippen LogP contribution in [0.15, 0.2) is 36.4 Å². The van der Waals surface area contributed by atoms with E-state index >= 15 is 0 Å². The van der Waals surface area contributed by atoms with Gasteiger partial charge in [0.15, 0.2) is 18.2 Å². The lowest BCUT2D eigenvalue weighted by atomic mass is 10.1. The third-order valence-electron chi connectivity index (χ3n) is 4.76. The minimum Gasteiger partial charge on any atom is -0.493 e. The van der Waals surface area contributed by atoms with Crippen molar-refractivity contribution >= 4 is 17.5 Å². The fourth-order valence-electron chi connectivity index (χ4n) is 3.45. The van der Waals surface area contributed by atoms with E-state index < -0.39 is 5.97 Å². The van der Waals surface area contributed by atoms with Gasteiger partial charge in [-0.25, -0.2) is 9.07 Å². The van der Waals surface area contributed by atoms with Crippen LogP contribution in [-0.4, -0.2) is 30.0 Å². The van der Waals surface area contributed by atoms with E-state index in [1.54, 1.807) is 31.0 Å². The normalized spacial score (nSPS) is 11.6. The SMILES string of the molecule is COc1cc2c(cc1OC)-c1nn(COC(C)=O)c(Nc3cccc(F)c3)c1C2. The first-order valence-electron chi connectivity index (χ1n) is 9.01. The minimum absolute atomic E-state index is 0.0530. The standard InChI is InChI=1S/C21H20FN3O4/c1-12(26)29-11-25-21(23-15-6-4-5-14(22)9-15)17-7-13-8-18(27-2)19(28-3)10-16(13)20(17)24-25/h4-6,8-10,23H,7,11H2,1-3H3. The largest absolute Gasteiger partial charge is 0.493 e. The third kappa shape index (κ3) is 3.49. The van der Waals surface area contributed by atoms with Crippen LogP contribution < -0.4 is 14.8 Å². The Labute approximate surface area is 167 Å². The lowest BCUT2D eigenvalue weighted by Crippen LogP contribution is -2.11. The number of hydrogen-bond acceptors (Lipinski definition) is 6. The highest BCUT2D eigenvalue weighted by Crippen LogP contribution is 2.45. The number of carbonyl (C=O) groups excluding carboxylic acids is 1. The Morgan fingerprint density at radius 1 is 1.21 bits per heavy atom. The van der Waals surface area contributed by atoms with Crippen molar-refractivity contribution in [2.75, 3.05) is 19.5 Å². The Hall–Kier alpha value is -3.55. The second-order valence-corrected chi connectivity index (χ2v) is 6.62. The second kappa shape index (κ2) is 7.46. The Kier molecular flexibility index (Phi) is 4.84. The molecule has 1 aliphatic carbocycles. The first kappa shape index (κ1) is 18.8. The minimum atomic E-state index is -0.413. The van der Waals surface area contributed by atoms with Gasteiger partial charge in [-0.3, -0.25) is 4.79 Å². The monoisotopic (exact) mass is 397 g/mol. The van der Waals surface area contributed by atoms with Crippen LogP contribution in [0.4, 0.5) is 15.9 Å². The number of hydrogen-bond donors (Lipinski definition) is 1. The Bertz CT molecular complexity index is 1090. The van der Waals surface area contributed by atoms with Crippen LogP contribution in [0.5, 0.6) is 11.5 Å². The summed E-state index contributed by atoms with van der Waals surface area (Å²) >= 11 is 0. The molecule has 29 heavy (non-hydrogen) atoms. The molecule has 0 fully saturated rings. The smallest absolute Gasteiger partial charge is 0.304 e. The summed E-state index contributed by atoms with van der Waals surface area (Å²) < 4.78 is 31.2. The van der Waals surface area contributed by atoms with Gasteiger partial charge in [-0.2, -0.15) is 5.10 Å². The van der Waals surface area contributed by atoms with Crippen LogP contribution in [-0.2, 0) is 22.7 Å². The van der Waals surface area contributed by atoms with E-state index in [2.05, 4.69) is 10.4 Å². The molecule has 0 saturated carbocycles. The molecule has 8 heteroatoms. The maximum atomic E-state index is 13.6. The van der Waals surface area contributed by atoms with Crippen molar-refractivity contribution < 1.29 is 23.4 Å². The molecule has 4 rings (SSSR count). The quantitative estimate of drug-likeness (QED) is 0.498. The van der Waals surface area contributed by atoms with Crippen molar-refractivity contribution in [2.24, 2.45) is 0 Å². The zero-order chi connectivity index (χ0) is 20.5. The van der Waals surface area contributed by atoms with E-state index in [1.807, 2.05) is 12.1 Å². The molecular weight excluding hydrogens is 377 g/mol. The van der Waals surface area contributed by atoms with Crippen molar-refractivity contribution in [3.05, 3.63) is 53.3 Å². The number of nitrogens with zero attached hydrogens (tertiary/aromatic N) is 2. The molecule has 1 aliphatic rings. The Morgan fingerprint density at radius 2 is 1.97 bits per heavy atom. The first-order chi connectivity index (χ1) is 14.0. The molecule has 2 aromatic carbocycles. The molecule has 0 atom stereocenters. The van der Waals surface area contributed by atoms with E-state index in [4.69, 9.17) is 14.2 Å². The van der Waals surface area contributed by atoms with Crippen LogP contribution in [0, 0.1) is 5.82 Å². The Balaban J connectivity index is 1.78. The molecule has 0 spiro atoms. The molecule has 0 saturated heterocycles. The van der Waals surface area contributed by atoms with Gasteiger partial charge in [0.1, 0.15) is 11.6 Å². The molecule has 0 radical (unpaired) electrons. The molecule has 1 heterocycles. The number of halogens is 1. The average Bonchev–Trinajstić information content (AvgIpc) is 3.21. The van der Waals surface area contributed by atoms with Gasteiger partial charge in [-0.15, -0.1) is 0 Å². The van der Waals surface area contributed by atoms with Crippen LogP contribution in [0.3, 0.4) is 0 Å². The van der Waals surface area contributed by atoms with Gasteiger partial charge in [0.05, 0.1) is 19.9 Å². The molecule has 0 unspecified atom stereocenters. The zero-order valence-electron chi connectivity index (χ0n) is 16.3. The van der Waals surface area contributed by atoms with Gasteiger partial charge in [0, 0.05) is 30.2 Å². The zero-order valence-corrected chi connectivity index (χ0v) is 16.3. The fraction of sp³-hybridized carbons (Fsp3) is 0.238. The number of benzene rings is 2. The van der Waals surface area contributed by atoms with Crippen molar-refractivity contribution in [1.29, 1.82) is 0 Å². The highest BCUT2D eigenvalue weighted by atomic mass is 19.1. The summed E-state index contributed by atoms with van der Waals surface area (Å²) in [4.78, 5) is 11.3. The fourth-order valence-corrected chi connectivity index (χ4v) is 3.45. The number of rotatable bonds is 6. The first-order valence-corrected chi connectivity index (χ1v) is 9.01. The number of ether oxygens (including phenoxy) is 3. The highest BCUT2D eigenvalue weighted by Gasteiger charge is 2.29. The van der Waals surface area contributed by atoms with Crippen LogP contribution in [0.2, 0.25) is 0 Å². The van der Waals surface area contributed by atoms with Crippen LogP contribution in [0.1, 0.15) is 18.1 Å². The molecule has 7 nitrogen and oxygen atoms in total. The summed E-state index contributed by atoms with van der Waals surface area (Å²) in [5.41, 5.74) is 4.21. The maximum Gasteiger partial charge on any atom is 0.304 e.